The molecule has 0 aliphatic carbocycles. The first-order chi connectivity index (χ1) is 10.6. The number of rotatable bonds is 6. The lowest BCUT2D eigenvalue weighted by Gasteiger charge is -2.27. The number of carbonyl (C=O) groups is 3. The summed E-state index contributed by atoms with van der Waals surface area (Å²) in [6, 6.07) is 3.31. The maximum atomic E-state index is 12.2. The van der Waals surface area contributed by atoms with Gasteiger partial charge in [-0.05, 0) is 24.3 Å². The van der Waals surface area contributed by atoms with Crippen molar-refractivity contribution >= 4 is 29.1 Å². The molecule has 0 spiro atoms. The molecule has 1 aliphatic rings. The van der Waals surface area contributed by atoms with Crippen LogP contribution in [-0.4, -0.2) is 42.9 Å². The predicted octanol–water partition coefficient (Wildman–Crippen LogP) is 1.48. The van der Waals surface area contributed by atoms with Crippen molar-refractivity contribution in [3.63, 3.8) is 0 Å². The Hall–Kier alpha value is -1.89. The third-order valence-electron chi connectivity index (χ3n) is 3.58. The summed E-state index contributed by atoms with van der Waals surface area (Å²) in [5, 5.41) is 4.72. The molecule has 120 valence electrons. The van der Waals surface area contributed by atoms with Crippen molar-refractivity contribution < 1.29 is 19.1 Å². The number of hydrogen-bond acceptors (Lipinski definition) is 5. The fourth-order valence-corrected chi connectivity index (χ4v) is 3.18. The van der Waals surface area contributed by atoms with Gasteiger partial charge in [0.05, 0.1) is 26.1 Å². The smallest absolute Gasteiger partial charge is 0.307 e. The molecule has 1 aromatic rings. The fraction of sp³-hybridized carbons (Fsp3) is 0.533. The van der Waals surface area contributed by atoms with E-state index >= 15 is 0 Å². The third-order valence-corrected chi connectivity index (χ3v) is 4.56. The predicted molar refractivity (Wildman–Crippen MR) is 82.3 cm³/mol. The third kappa shape index (κ3) is 4.56. The van der Waals surface area contributed by atoms with Gasteiger partial charge < -0.3 is 15.0 Å². The molecule has 0 bridgehead atoms. The number of nitrogens with one attached hydrogen (secondary N) is 1. The maximum absolute atomic E-state index is 12.2. The highest BCUT2D eigenvalue weighted by Gasteiger charge is 2.24. The second-order valence-corrected chi connectivity index (χ2v) is 6.17. The molecule has 0 radical (unpaired) electrons. The molecule has 7 heteroatoms. The molecule has 1 saturated heterocycles. The molecule has 6 nitrogen and oxygen atoms in total. The van der Waals surface area contributed by atoms with E-state index in [9.17, 15) is 14.4 Å². The summed E-state index contributed by atoms with van der Waals surface area (Å²) >= 11 is 1.47. The summed E-state index contributed by atoms with van der Waals surface area (Å²) < 4.78 is 4.68. The molecule has 1 atom stereocenters. The topological polar surface area (TPSA) is 75.7 Å². The number of esters is 1. The van der Waals surface area contributed by atoms with Crippen molar-refractivity contribution in [2.45, 2.75) is 31.7 Å². The average Bonchev–Trinajstić information content (AvgIpc) is 3.03. The standard InChI is InChI=1S/C15H20N2O4S/c1-21-15(20)9-11(12-5-4-8-22-12)16-13(18)10-17-7-3-2-6-14(17)19/h4-5,8,11H,2-3,6-7,9-10H2,1H3,(H,16,18). The number of nitrogens with zero attached hydrogens (tertiary/aromatic N) is 1. The number of ether oxygens (including phenoxy) is 1. The maximum Gasteiger partial charge on any atom is 0.307 e. The van der Waals surface area contributed by atoms with E-state index in [1.54, 1.807) is 4.90 Å². The second-order valence-electron chi connectivity index (χ2n) is 5.19. The van der Waals surface area contributed by atoms with E-state index in [-0.39, 0.29) is 30.7 Å². The summed E-state index contributed by atoms with van der Waals surface area (Å²) in [6.45, 7) is 0.662. The molecule has 2 heterocycles. The zero-order valence-electron chi connectivity index (χ0n) is 12.5. The Bertz CT molecular complexity index is 530. The summed E-state index contributed by atoms with van der Waals surface area (Å²) in [4.78, 5) is 37.9. The minimum Gasteiger partial charge on any atom is -0.469 e. The molecule has 1 fully saturated rings. The molecule has 1 unspecified atom stereocenters. The van der Waals surface area contributed by atoms with Crippen LogP contribution in [0.3, 0.4) is 0 Å². The van der Waals surface area contributed by atoms with Crippen molar-refractivity contribution in [2.24, 2.45) is 0 Å². The summed E-state index contributed by atoms with van der Waals surface area (Å²) in [5.74, 6) is -0.618. The number of thiophene rings is 1. The van der Waals surface area contributed by atoms with Crippen LogP contribution in [0, 0.1) is 0 Å². The van der Waals surface area contributed by atoms with E-state index in [0.717, 1.165) is 17.7 Å². The van der Waals surface area contributed by atoms with Gasteiger partial charge in [-0.15, -0.1) is 11.3 Å². The van der Waals surface area contributed by atoms with Gasteiger partial charge in [-0.3, -0.25) is 14.4 Å². The lowest BCUT2D eigenvalue weighted by molar-refractivity contribution is -0.142. The Morgan fingerprint density at radius 2 is 2.27 bits per heavy atom. The van der Waals surface area contributed by atoms with E-state index < -0.39 is 6.04 Å². The summed E-state index contributed by atoms with van der Waals surface area (Å²) in [5.41, 5.74) is 0. The Labute approximate surface area is 133 Å². The van der Waals surface area contributed by atoms with Gasteiger partial charge in [-0.1, -0.05) is 6.07 Å². The van der Waals surface area contributed by atoms with Crippen molar-refractivity contribution in [1.82, 2.24) is 10.2 Å². The van der Waals surface area contributed by atoms with Gasteiger partial charge in [0, 0.05) is 17.8 Å². The molecular formula is C15H20N2O4S. The van der Waals surface area contributed by atoms with Crippen LogP contribution in [0.25, 0.3) is 0 Å². The molecule has 1 N–H and O–H groups in total. The highest BCUT2D eigenvalue weighted by molar-refractivity contribution is 7.10. The normalized spacial score (nSPS) is 16.2. The number of carbonyl (C=O) groups excluding carboxylic acids is 3. The Morgan fingerprint density at radius 1 is 1.45 bits per heavy atom. The molecule has 0 saturated carbocycles. The van der Waals surface area contributed by atoms with Gasteiger partial charge in [0.15, 0.2) is 0 Å². The number of likely N-dealkylation sites (tertiary alicyclic amines) is 1. The van der Waals surface area contributed by atoms with Crippen LogP contribution in [0.5, 0.6) is 0 Å². The van der Waals surface area contributed by atoms with Crippen LogP contribution in [0.15, 0.2) is 17.5 Å². The van der Waals surface area contributed by atoms with E-state index in [0.29, 0.717) is 13.0 Å². The zero-order valence-corrected chi connectivity index (χ0v) is 13.4. The van der Waals surface area contributed by atoms with Gasteiger partial charge in [-0.2, -0.15) is 0 Å². The van der Waals surface area contributed by atoms with Crippen molar-refractivity contribution in [3.8, 4) is 0 Å². The van der Waals surface area contributed by atoms with Crippen molar-refractivity contribution in [2.75, 3.05) is 20.2 Å². The van der Waals surface area contributed by atoms with E-state index in [1.807, 2.05) is 17.5 Å². The molecule has 2 amide bonds. The van der Waals surface area contributed by atoms with E-state index in [1.165, 1.54) is 18.4 Å². The first-order valence-corrected chi connectivity index (χ1v) is 8.15. The highest BCUT2D eigenvalue weighted by atomic mass is 32.1. The average molecular weight is 324 g/mol. The minimum absolute atomic E-state index is 0.0158. The van der Waals surface area contributed by atoms with Crippen LogP contribution < -0.4 is 5.32 Å². The van der Waals surface area contributed by atoms with Gasteiger partial charge in [0.2, 0.25) is 11.8 Å². The Morgan fingerprint density at radius 3 is 2.91 bits per heavy atom. The quantitative estimate of drug-likeness (QED) is 0.804. The summed E-state index contributed by atoms with van der Waals surface area (Å²) in [7, 11) is 1.32. The Kier molecular flexibility index (Phi) is 5.94. The Balaban J connectivity index is 1.95. The first-order valence-electron chi connectivity index (χ1n) is 7.27. The molecule has 2 rings (SSSR count). The molecule has 0 aromatic carbocycles. The van der Waals surface area contributed by atoms with Crippen molar-refractivity contribution in [3.05, 3.63) is 22.4 Å². The van der Waals surface area contributed by atoms with Crippen molar-refractivity contribution in [1.29, 1.82) is 0 Å². The highest BCUT2D eigenvalue weighted by Crippen LogP contribution is 2.22. The monoisotopic (exact) mass is 324 g/mol. The van der Waals surface area contributed by atoms with Gasteiger partial charge >= 0.3 is 5.97 Å². The zero-order chi connectivity index (χ0) is 15.9. The van der Waals surface area contributed by atoms with Crippen LogP contribution >= 0.6 is 11.3 Å². The van der Waals surface area contributed by atoms with Gasteiger partial charge in [-0.25, -0.2) is 0 Å². The minimum atomic E-state index is -0.417. The van der Waals surface area contributed by atoms with Crippen LogP contribution in [0.4, 0.5) is 0 Å². The number of methoxy groups -OCH3 is 1. The largest absolute Gasteiger partial charge is 0.469 e. The van der Waals surface area contributed by atoms with Crippen LogP contribution in [-0.2, 0) is 19.1 Å². The number of amides is 2. The van der Waals surface area contributed by atoms with Gasteiger partial charge in [0.25, 0.3) is 0 Å². The summed E-state index contributed by atoms with van der Waals surface area (Å²) in [6.07, 6.45) is 2.40. The van der Waals surface area contributed by atoms with Crippen LogP contribution in [0.1, 0.15) is 36.6 Å². The number of piperidine rings is 1. The van der Waals surface area contributed by atoms with Gasteiger partial charge in [0.1, 0.15) is 0 Å². The molecule has 1 aliphatic heterocycles. The van der Waals surface area contributed by atoms with Crippen LogP contribution in [0.2, 0.25) is 0 Å². The van der Waals surface area contributed by atoms with E-state index in [4.69, 9.17) is 0 Å². The molecule has 1 aromatic heterocycles. The first kappa shape index (κ1) is 16.5. The fourth-order valence-electron chi connectivity index (χ4n) is 2.40. The lowest BCUT2D eigenvalue weighted by Crippen LogP contribution is -2.44. The number of hydrogen-bond donors (Lipinski definition) is 1. The SMILES string of the molecule is COC(=O)CC(NC(=O)CN1CCCCC1=O)c1cccs1. The second kappa shape index (κ2) is 7.93. The molecule has 22 heavy (non-hydrogen) atoms. The van der Waals surface area contributed by atoms with E-state index in [2.05, 4.69) is 10.1 Å². The molecular weight excluding hydrogens is 304 g/mol. The lowest BCUT2D eigenvalue weighted by atomic mass is 10.1.